The fraction of sp³-hybridized carbons (Fsp3) is 0.600. The molecule has 1 N–H and O–H groups in total. The summed E-state index contributed by atoms with van der Waals surface area (Å²) < 4.78 is 16.0. The summed E-state index contributed by atoms with van der Waals surface area (Å²) in [6, 6.07) is 5.83. The largest absolute Gasteiger partial charge is 0.493 e. The Balaban J connectivity index is 2.34. The first-order chi connectivity index (χ1) is 9.15. The molecule has 0 radical (unpaired) electrons. The van der Waals surface area contributed by atoms with E-state index in [9.17, 15) is 5.11 Å². The molecule has 1 atom stereocenters. The summed E-state index contributed by atoms with van der Waals surface area (Å²) in [6.45, 7) is 6.21. The van der Waals surface area contributed by atoms with Crippen LogP contribution in [0.3, 0.4) is 0 Å². The Morgan fingerprint density at radius 2 is 1.95 bits per heavy atom. The van der Waals surface area contributed by atoms with Crippen molar-refractivity contribution in [3.63, 3.8) is 0 Å². The van der Waals surface area contributed by atoms with Crippen LogP contribution in [-0.4, -0.2) is 38.6 Å². The summed E-state index contributed by atoms with van der Waals surface area (Å²) in [5, 5.41) is 9.68. The summed E-state index contributed by atoms with van der Waals surface area (Å²) in [5.41, 5.74) is 1.95. The van der Waals surface area contributed by atoms with Crippen LogP contribution in [0.5, 0.6) is 5.75 Å². The Labute approximate surface area is 115 Å². The number of aryl methyl sites for hydroxylation is 1. The Morgan fingerprint density at radius 3 is 2.63 bits per heavy atom. The third kappa shape index (κ3) is 6.05. The van der Waals surface area contributed by atoms with Crippen LogP contribution in [0.1, 0.15) is 30.6 Å². The topological polar surface area (TPSA) is 47.9 Å². The molecular weight excluding hydrogens is 244 g/mol. The van der Waals surface area contributed by atoms with Crippen LogP contribution < -0.4 is 4.74 Å². The van der Waals surface area contributed by atoms with Crippen molar-refractivity contribution in [2.45, 2.75) is 26.4 Å². The lowest BCUT2D eigenvalue weighted by Gasteiger charge is -2.14. The number of benzene rings is 1. The minimum atomic E-state index is -0.520. The highest BCUT2D eigenvalue weighted by atomic mass is 16.5. The molecule has 0 saturated heterocycles. The molecule has 0 amide bonds. The maximum atomic E-state index is 9.68. The first-order valence-corrected chi connectivity index (χ1v) is 6.63. The number of ether oxygens (including phenoxy) is 3. The minimum Gasteiger partial charge on any atom is -0.493 e. The zero-order valence-electron chi connectivity index (χ0n) is 12.0. The minimum absolute atomic E-state index is 0.520. The van der Waals surface area contributed by atoms with Crippen molar-refractivity contribution in [1.29, 1.82) is 0 Å². The summed E-state index contributed by atoms with van der Waals surface area (Å²) >= 11 is 0. The molecule has 4 nitrogen and oxygen atoms in total. The van der Waals surface area contributed by atoms with Crippen molar-refractivity contribution in [2.24, 2.45) is 0 Å². The molecule has 1 rings (SSSR count). The number of rotatable bonds is 9. The van der Waals surface area contributed by atoms with Gasteiger partial charge >= 0.3 is 0 Å². The van der Waals surface area contributed by atoms with Gasteiger partial charge in [-0.25, -0.2) is 0 Å². The van der Waals surface area contributed by atoms with E-state index in [2.05, 4.69) is 0 Å². The average molecular weight is 268 g/mol. The van der Waals surface area contributed by atoms with Gasteiger partial charge in [0, 0.05) is 25.7 Å². The SMILES string of the molecule is COCCOCCCOc1cc(C)ccc1[C@@H](C)O. The van der Waals surface area contributed by atoms with Crippen LogP contribution in [-0.2, 0) is 9.47 Å². The molecule has 0 saturated carbocycles. The fourth-order valence-corrected chi connectivity index (χ4v) is 1.70. The summed E-state index contributed by atoms with van der Waals surface area (Å²) in [7, 11) is 1.65. The van der Waals surface area contributed by atoms with Gasteiger partial charge in [-0.2, -0.15) is 0 Å². The third-order valence-electron chi connectivity index (χ3n) is 2.74. The first kappa shape index (κ1) is 16.0. The Bertz CT molecular complexity index is 363. The maximum absolute atomic E-state index is 9.68. The van der Waals surface area contributed by atoms with Crippen molar-refractivity contribution >= 4 is 0 Å². The predicted molar refractivity (Wildman–Crippen MR) is 74.6 cm³/mol. The van der Waals surface area contributed by atoms with Gasteiger partial charge in [-0.3, -0.25) is 0 Å². The maximum Gasteiger partial charge on any atom is 0.125 e. The Kier molecular flexibility index (Phi) is 7.48. The highest BCUT2D eigenvalue weighted by molar-refractivity contribution is 5.38. The van der Waals surface area contributed by atoms with Crippen LogP contribution in [0.2, 0.25) is 0 Å². The monoisotopic (exact) mass is 268 g/mol. The lowest BCUT2D eigenvalue weighted by Crippen LogP contribution is -2.08. The number of hydrogen-bond acceptors (Lipinski definition) is 4. The predicted octanol–water partition coefficient (Wildman–Crippen LogP) is 2.48. The zero-order chi connectivity index (χ0) is 14.1. The van der Waals surface area contributed by atoms with Gasteiger partial charge in [-0.05, 0) is 25.5 Å². The smallest absolute Gasteiger partial charge is 0.125 e. The van der Waals surface area contributed by atoms with Crippen LogP contribution in [0.25, 0.3) is 0 Å². The van der Waals surface area contributed by atoms with Gasteiger partial charge in [0.25, 0.3) is 0 Å². The quantitative estimate of drug-likeness (QED) is 0.699. The van der Waals surface area contributed by atoms with E-state index in [4.69, 9.17) is 14.2 Å². The van der Waals surface area contributed by atoms with Gasteiger partial charge in [0.15, 0.2) is 0 Å². The Hall–Kier alpha value is -1.10. The third-order valence-corrected chi connectivity index (χ3v) is 2.74. The van der Waals surface area contributed by atoms with E-state index in [1.807, 2.05) is 25.1 Å². The van der Waals surface area contributed by atoms with Crippen molar-refractivity contribution in [2.75, 3.05) is 33.5 Å². The second-order valence-electron chi connectivity index (χ2n) is 4.52. The van der Waals surface area contributed by atoms with Gasteiger partial charge in [0.2, 0.25) is 0 Å². The van der Waals surface area contributed by atoms with Crippen molar-refractivity contribution in [3.8, 4) is 5.75 Å². The summed E-state index contributed by atoms with van der Waals surface area (Å²) in [5.74, 6) is 0.756. The van der Waals surface area contributed by atoms with E-state index in [1.54, 1.807) is 14.0 Å². The molecule has 0 fully saturated rings. The lowest BCUT2D eigenvalue weighted by atomic mass is 10.1. The zero-order valence-corrected chi connectivity index (χ0v) is 12.0. The highest BCUT2D eigenvalue weighted by Crippen LogP contribution is 2.26. The second-order valence-corrected chi connectivity index (χ2v) is 4.52. The molecule has 19 heavy (non-hydrogen) atoms. The molecule has 0 aliphatic rings. The molecule has 0 heterocycles. The van der Waals surface area contributed by atoms with E-state index in [-0.39, 0.29) is 0 Å². The van der Waals surface area contributed by atoms with Crippen LogP contribution in [0.4, 0.5) is 0 Å². The lowest BCUT2D eigenvalue weighted by molar-refractivity contribution is 0.0642. The molecule has 0 bridgehead atoms. The van der Waals surface area contributed by atoms with Crippen LogP contribution in [0.15, 0.2) is 18.2 Å². The number of methoxy groups -OCH3 is 1. The van der Waals surface area contributed by atoms with E-state index in [1.165, 1.54) is 0 Å². The van der Waals surface area contributed by atoms with E-state index in [0.29, 0.717) is 26.4 Å². The molecule has 0 aliphatic carbocycles. The van der Waals surface area contributed by atoms with Gasteiger partial charge in [0.1, 0.15) is 5.75 Å². The van der Waals surface area contributed by atoms with Crippen molar-refractivity contribution in [1.82, 2.24) is 0 Å². The van der Waals surface area contributed by atoms with Gasteiger partial charge < -0.3 is 19.3 Å². The molecular formula is C15H24O4. The molecule has 4 heteroatoms. The molecule has 108 valence electrons. The van der Waals surface area contributed by atoms with Crippen LogP contribution in [0, 0.1) is 6.92 Å². The average Bonchev–Trinajstić information content (AvgIpc) is 2.37. The van der Waals surface area contributed by atoms with Crippen molar-refractivity contribution in [3.05, 3.63) is 29.3 Å². The second kappa shape index (κ2) is 8.91. The van der Waals surface area contributed by atoms with Crippen molar-refractivity contribution < 1.29 is 19.3 Å². The standard InChI is InChI=1S/C15H24O4/c1-12-5-6-14(13(2)16)15(11-12)19-8-4-7-18-10-9-17-3/h5-6,11,13,16H,4,7-10H2,1-3H3/t13-/m1/s1. The summed E-state index contributed by atoms with van der Waals surface area (Å²) in [6.07, 6.45) is 0.297. The molecule has 1 aromatic rings. The fourth-order valence-electron chi connectivity index (χ4n) is 1.70. The highest BCUT2D eigenvalue weighted by Gasteiger charge is 2.09. The molecule has 0 aromatic heterocycles. The first-order valence-electron chi connectivity index (χ1n) is 6.63. The summed E-state index contributed by atoms with van der Waals surface area (Å²) in [4.78, 5) is 0. The normalized spacial score (nSPS) is 12.4. The number of aliphatic hydroxyl groups is 1. The molecule has 0 unspecified atom stereocenters. The Morgan fingerprint density at radius 1 is 1.16 bits per heavy atom. The molecule has 0 aliphatic heterocycles. The van der Waals surface area contributed by atoms with Gasteiger partial charge in [-0.15, -0.1) is 0 Å². The van der Waals surface area contributed by atoms with E-state index in [0.717, 1.165) is 23.3 Å². The number of hydrogen-bond donors (Lipinski definition) is 1. The van der Waals surface area contributed by atoms with Gasteiger partial charge in [0.05, 0.1) is 25.9 Å². The van der Waals surface area contributed by atoms with Crippen LogP contribution >= 0.6 is 0 Å². The number of aliphatic hydroxyl groups excluding tert-OH is 1. The van der Waals surface area contributed by atoms with E-state index < -0.39 is 6.10 Å². The van der Waals surface area contributed by atoms with Gasteiger partial charge in [-0.1, -0.05) is 12.1 Å². The molecule has 0 spiro atoms. The van der Waals surface area contributed by atoms with E-state index >= 15 is 0 Å². The molecule has 1 aromatic carbocycles.